The van der Waals surface area contributed by atoms with Crippen LogP contribution in [0.25, 0.3) is 0 Å². The number of nitrogens with one attached hydrogen (secondary N) is 1. The summed E-state index contributed by atoms with van der Waals surface area (Å²) < 4.78 is 0. The maximum atomic E-state index is 12.3. The molecule has 1 unspecified atom stereocenters. The minimum absolute atomic E-state index is 0.0578. The van der Waals surface area contributed by atoms with Crippen LogP contribution in [-0.4, -0.2) is 45.6 Å². The first-order chi connectivity index (χ1) is 11.3. The summed E-state index contributed by atoms with van der Waals surface area (Å²) in [5.74, 6) is 0.0742. The zero-order valence-electron chi connectivity index (χ0n) is 14.2. The Bertz CT molecular complexity index is 580. The monoisotopic (exact) mass is 335 g/mol. The predicted octanol–water partition coefficient (Wildman–Crippen LogP) is 2.55. The van der Waals surface area contributed by atoms with Crippen molar-refractivity contribution < 1.29 is 14.8 Å². The van der Waals surface area contributed by atoms with Crippen LogP contribution >= 0.6 is 0 Å². The molecule has 24 heavy (non-hydrogen) atoms. The number of carbonyl (C=O) groups is 1. The summed E-state index contributed by atoms with van der Waals surface area (Å²) in [6, 6.07) is 6.11. The van der Waals surface area contributed by atoms with Crippen LogP contribution in [0.4, 0.5) is 11.4 Å². The largest absolute Gasteiger partial charge is 0.388 e. The fourth-order valence-corrected chi connectivity index (χ4v) is 3.12. The Morgan fingerprint density at radius 1 is 1.42 bits per heavy atom. The van der Waals surface area contributed by atoms with Gasteiger partial charge >= 0.3 is 0 Å². The third kappa shape index (κ3) is 4.67. The van der Waals surface area contributed by atoms with Crippen molar-refractivity contribution in [3.05, 3.63) is 34.4 Å². The van der Waals surface area contributed by atoms with Crippen molar-refractivity contribution in [1.29, 1.82) is 0 Å². The van der Waals surface area contributed by atoms with Crippen molar-refractivity contribution in [2.75, 3.05) is 18.4 Å². The highest BCUT2D eigenvalue weighted by atomic mass is 16.6. The van der Waals surface area contributed by atoms with Crippen molar-refractivity contribution in [2.45, 2.75) is 51.2 Å². The number of rotatable bonds is 7. The molecule has 1 amide bonds. The molecule has 1 heterocycles. The highest BCUT2D eigenvalue weighted by molar-refractivity contribution is 5.77. The lowest BCUT2D eigenvalue weighted by molar-refractivity contribution is -0.384. The van der Waals surface area contributed by atoms with Gasteiger partial charge in [0.05, 0.1) is 16.6 Å². The summed E-state index contributed by atoms with van der Waals surface area (Å²) >= 11 is 0. The van der Waals surface area contributed by atoms with Gasteiger partial charge in [-0.2, -0.15) is 0 Å². The Labute approximate surface area is 141 Å². The Hall–Kier alpha value is -2.15. The van der Waals surface area contributed by atoms with Crippen LogP contribution in [0, 0.1) is 10.1 Å². The maximum Gasteiger partial charge on any atom is 0.269 e. The minimum Gasteiger partial charge on any atom is -0.388 e. The zero-order valence-corrected chi connectivity index (χ0v) is 14.2. The Balaban J connectivity index is 1.75. The van der Waals surface area contributed by atoms with Crippen molar-refractivity contribution in [1.82, 2.24) is 4.90 Å². The molecule has 0 bridgehead atoms. The maximum absolute atomic E-state index is 12.3. The number of hydrogen-bond acceptors (Lipinski definition) is 5. The van der Waals surface area contributed by atoms with Gasteiger partial charge in [0, 0.05) is 37.3 Å². The standard InChI is InChI=1S/C17H25N3O4/c1-17(2,22)15-5-4-12-19(15)16(21)6-3-11-18-13-7-9-14(10-8-13)20(23)24/h7-10,15,18,22H,3-6,11-12H2,1-2H3. The molecule has 1 saturated heterocycles. The first-order valence-corrected chi connectivity index (χ1v) is 8.29. The number of nitro groups is 1. The molecule has 0 aromatic heterocycles. The van der Waals surface area contributed by atoms with Crippen LogP contribution in [-0.2, 0) is 4.79 Å². The van der Waals surface area contributed by atoms with Gasteiger partial charge in [0.15, 0.2) is 0 Å². The molecule has 1 aromatic rings. The van der Waals surface area contributed by atoms with Crippen LogP contribution in [0.15, 0.2) is 24.3 Å². The van der Waals surface area contributed by atoms with Gasteiger partial charge < -0.3 is 15.3 Å². The molecular weight excluding hydrogens is 310 g/mol. The Morgan fingerprint density at radius 3 is 2.67 bits per heavy atom. The Kier molecular flexibility index (Phi) is 5.77. The van der Waals surface area contributed by atoms with E-state index in [4.69, 9.17) is 0 Å². The van der Waals surface area contributed by atoms with Gasteiger partial charge in [-0.3, -0.25) is 14.9 Å². The van der Waals surface area contributed by atoms with Crippen LogP contribution in [0.2, 0.25) is 0 Å². The number of carbonyl (C=O) groups excluding carboxylic acids is 1. The van der Waals surface area contributed by atoms with Gasteiger partial charge in [0.2, 0.25) is 5.91 Å². The van der Waals surface area contributed by atoms with Crippen molar-refractivity contribution in [2.24, 2.45) is 0 Å². The van der Waals surface area contributed by atoms with E-state index in [1.54, 1.807) is 30.9 Å². The molecule has 1 aromatic carbocycles. The molecule has 1 fully saturated rings. The SMILES string of the molecule is CC(C)(O)C1CCCN1C(=O)CCCNc1ccc([N+](=O)[O-])cc1. The molecule has 0 radical (unpaired) electrons. The number of anilines is 1. The molecule has 2 N–H and O–H groups in total. The summed E-state index contributed by atoms with van der Waals surface area (Å²) in [7, 11) is 0. The molecule has 0 spiro atoms. The number of benzene rings is 1. The Morgan fingerprint density at radius 2 is 2.08 bits per heavy atom. The van der Waals surface area contributed by atoms with E-state index >= 15 is 0 Å². The van der Waals surface area contributed by atoms with E-state index in [1.807, 2.05) is 0 Å². The number of amides is 1. The van der Waals surface area contributed by atoms with Gasteiger partial charge in [0.25, 0.3) is 5.69 Å². The molecule has 2 rings (SSSR count). The minimum atomic E-state index is -0.872. The molecule has 7 nitrogen and oxygen atoms in total. The average molecular weight is 335 g/mol. The molecule has 132 valence electrons. The van der Waals surface area contributed by atoms with Gasteiger partial charge in [-0.25, -0.2) is 0 Å². The number of nitro benzene ring substituents is 1. The fraction of sp³-hybridized carbons (Fsp3) is 0.588. The summed E-state index contributed by atoms with van der Waals surface area (Å²) in [6.07, 6.45) is 2.87. The molecular formula is C17H25N3O4. The van der Waals surface area contributed by atoms with Crippen molar-refractivity contribution >= 4 is 17.3 Å². The quantitative estimate of drug-likeness (QED) is 0.453. The number of nitrogens with zero attached hydrogens (tertiary/aromatic N) is 2. The average Bonchev–Trinajstić information content (AvgIpc) is 3.01. The highest BCUT2D eigenvalue weighted by Crippen LogP contribution is 2.27. The molecule has 1 aliphatic rings. The van der Waals surface area contributed by atoms with E-state index in [0.717, 1.165) is 18.5 Å². The van der Waals surface area contributed by atoms with Crippen molar-refractivity contribution in [3.8, 4) is 0 Å². The molecule has 7 heteroatoms. The summed E-state index contributed by atoms with van der Waals surface area (Å²) in [5.41, 5.74) is -0.0191. The van der Waals surface area contributed by atoms with E-state index in [2.05, 4.69) is 5.32 Å². The lowest BCUT2D eigenvalue weighted by Gasteiger charge is -2.33. The summed E-state index contributed by atoms with van der Waals surface area (Å²) in [4.78, 5) is 24.3. The smallest absolute Gasteiger partial charge is 0.269 e. The first-order valence-electron chi connectivity index (χ1n) is 8.29. The van der Waals surface area contributed by atoms with E-state index in [-0.39, 0.29) is 17.6 Å². The lowest BCUT2D eigenvalue weighted by Crippen LogP contribution is -2.48. The second kappa shape index (κ2) is 7.61. The van der Waals surface area contributed by atoms with Gasteiger partial charge in [0.1, 0.15) is 0 Å². The molecule has 0 saturated carbocycles. The second-order valence-electron chi connectivity index (χ2n) is 6.73. The van der Waals surface area contributed by atoms with Gasteiger partial charge in [-0.1, -0.05) is 0 Å². The second-order valence-corrected chi connectivity index (χ2v) is 6.73. The normalized spacial score (nSPS) is 17.8. The van der Waals surface area contributed by atoms with Crippen LogP contribution in [0.1, 0.15) is 39.5 Å². The summed E-state index contributed by atoms with van der Waals surface area (Å²) in [5, 5.41) is 23.9. The van der Waals surface area contributed by atoms with E-state index in [9.17, 15) is 20.0 Å². The molecule has 0 aliphatic carbocycles. The number of aliphatic hydroxyl groups is 1. The van der Waals surface area contributed by atoms with Crippen molar-refractivity contribution in [3.63, 3.8) is 0 Å². The van der Waals surface area contributed by atoms with E-state index in [1.165, 1.54) is 12.1 Å². The van der Waals surface area contributed by atoms with E-state index < -0.39 is 10.5 Å². The number of likely N-dealkylation sites (tertiary alicyclic amines) is 1. The number of non-ortho nitro benzene ring substituents is 1. The molecule has 1 aliphatic heterocycles. The number of hydrogen-bond donors (Lipinski definition) is 2. The lowest BCUT2D eigenvalue weighted by atomic mass is 9.96. The van der Waals surface area contributed by atoms with Gasteiger partial charge in [-0.15, -0.1) is 0 Å². The predicted molar refractivity (Wildman–Crippen MR) is 91.9 cm³/mol. The topological polar surface area (TPSA) is 95.7 Å². The van der Waals surface area contributed by atoms with Gasteiger partial charge in [-0.05, 0) is 45.2 Å². The first kappa shape index (κ1) is 18.2. The third-order valence-corrected chi connectivity index (χ3v) is 4.36. The fourth-order valence-electron chi connectivity index (χ4n) is 3.12. The zero-order chi connectivity index (χ0) is 17.7. The van der Waals surface area contributed by atoms with Crippen LogP contribution in [0.5, 0.6) is 0 Å². The molecule has 1 atom stereocenters. The third-order valence-electron chi connectivity index (χ3n) is 4.36. The summed E-state index contributed by atoms with van der Waals surface area (Å²) in [6.45, 7) is 4.83. The van der Waals surface area contributed by atoms with Crippen LogP contribution < -0.4 is 5.32 Å². The highest BCUT2D eigenvalue weighted by Gasteiger charge is 2.37. The van der Waals surface area contributed by atoms with Crippen LogP contribution in [0.3, 0.4) is 0 Å². The van der Waals surface area contributed by atoms with E-state index in [0.29, 0.717) is 25.9 Å².